The molecule has 3 aromatic rings. The van der Waals surface area contributed by atoms with Crippen molar-refractivity contribution in [2.75, 3.05) is 26.9 Å². The monoisotopic (exact) mass is 543 g/mol. The molecule has 8 heteroatoms. The Kier molecular flexibility index (Phi) is 7.96. The maximum atomic E-state index is 13.5. The Morgan fingerprint density at radius 1 is 0.975 bits per heavy atom. The van der Waals surface area contributed by atoms with Crippen LogP contribution in [0.25, 0.3) is 5.76 Å². The van der Waals surface area contributed by atoms with Gasteiger partial charge in [-0.2, -0.15) is 0 Å². The lowest BCUT2D eigenvalue weighted by molar-refractivity contribution is -0.140. The van der Waals surface area contributed by atoms with Crippen LogP contribution in [-0.2, 0) is 16.1 Å². The fourth-order valence-corrected chi connectivity index (χ4v) is 4.89. The summed E-state index contributed by atoms with van der Waals surface area (Å²) < 4.78 is 22.9. The molecule has 1 N–H and O–H groups in total. The third-order valence-corrected chi connectivity index (χ3v) is 7.01. The van der Waals surface area contributed by atoms with Crippen molar-refractivity contribution < 1.29 is 33.6 Å². The highest BCUT2D eigenvalue weighted by molar-refractivity contribution is 6.46. The van der Waals surface area contributed by atoms with Gasteiger partial charge in [-0.15, -0.1) is 0 Å². The Labute approximate surface area is 233 Å². The second-order valence-electron chi connectivity index (χ2n) is 10.2. The van der Waals surface area contributed by atoms with Crippen molar-refractivity contribution >= 4 is 17.4 Å². The number of aliphatic hydroxyl groups excluding tert-OH is 1. The molecule has 208 valence electrons. The largest absolute Gasteiger partial charge is 0.507 e. The highest BCUT2D eigenvalue weighted by Gasteiger charge is 2.46. The average Bonchev–Trinajstić information content (AvgIpc) is 3.22. The number of hydrogen-bond acceptors (Lipinski definition) is 7. The van der Waals surface area contributed by atoms with E-state index in [0.29, 0.717) is 59.9 Å². The number of Topliss-reactive ketones (excluding diaryl/α,β-unsaturated/α-hetero) is 1. The van der Waals surface area contributed by atoms with E-state index in [9.17, 15) is 14.7 Å². The van der Waals surface area contributed by atoms with E-state index >= 15 is 0 Å². The van der Waals surface area contributed by atoms with Crippen LogP contribution >= 0.6 is 0 Å². The summed E-state index contributed by atoms with van der Waals surface area (Å²) in [5.74, 6) is 0.825. The summed E-state index contributed by atoms with van der Waals surface area (Å²) in [7, 11) is 1.55. The molecule has 2 heterocycles. The van der Waals surface area contributed by atoms with Gasteiger partial charge in [0, 0.05) is 12.1 Å². The maximum absolute atomic E-state index is 13.5. The standard InChI is InChI=1S/C32H33NO7/c1-20(2)13-14-38-24-11-9-22(17-26(24)37-3)29-28(30(34)23-10-12-25-27(18-23)40-16-15-39-25)31(35)32(36)33(29)19-21-7-5-4-6-8-21/h4-12,17-18,20,29,34H,13-16,19H2,1-3H3/b30-28-. The van der Waals surface area contributed by atoms with Crippen LogP contribution in [0.2, 0.25) is 0 Å². The quantitative estimate of drug-likeness (QED) is 0.216. The van der Waals surface area contributed by atoms with Gasteiger partial charge in [0.05, 0.1) is 25.3 Å². The van der Waals surface area contributed by atoms with Crippen molar-refractivity contribution in [3.05, 3.63) is 89.0 Å². The zero-order valence-corrected chi connectivity index (χ0v) is 22.9. The Balaban J connectivity index is 1.59. The molecule has 0 bridgehead atoms. The minimum absolute atomic E-state index is 0.00635. The number of fused-ring (bicyclic) bond motifs is 1. The molecule has 0 aliphatic carbocycles. The maximum Gasteiger partial charge on any atom is 0.295 e. The highest BCUT2D eigenvalue weighted by atomic mass is 16.6. The fraction of sp³-hybridized carbons (Fsp3) is 0.312. The molecule has 0 aromatic heterocycles. The molecule has 8 nitrogen and oxygen atoms in total. The number of ether oxygens (including phenoxy) is 4. The smallest absolute Gasteiger partial charge is 0.295 e. The first-order valence-corrected chi connectivity index (χ1v) is 13.4. The lowest BCUT2D eigenvalue weighted by Gasteiger charge is -2.26. The Bertz CT molecular complexity index is 1430. The van der Waals surface area contributed by atoms with E-state index in [0.717, 1.165) is 12.0 Å². The van der Waals surface area contributed by atoms with Crippen LogP contribution < -0.4 is 18.9 Å². The third kappa shape index (κ3) is 5.47. The first kappa shape index (κ1) is 27.1. The zero-order valence-electron chi connectivity index (χ0n) is 22.9. The van der Waals surface area contributed by atoms with Gasteiger partial charge in [0.2, 0.25) is 0 Å². The Hall–Kier alpha value is -4.46. The predicted octanol–water partition coefficient (Wildman–Crippen LogP) is 5.51. The summed E-state index contributed by atoms with van der Waals surface area (Å²) in [5.41, 5.74) is 1.82. The number of nitrogens with zero attached hydrogens (tertiary/aromatic N) is 1. The van der Waals surface area contributed by atoms with E-state index in [-0.39, 0.29) is 17.9 Å². The zero-order chi connectivity index (χ0) is 28.2. The van der Waals surface area contributed by atoms with Crippen molar-refractivity contribution in [2.24, 2.45) is 5.92 Å². The predicted molar refractivity (Wildman–Crippen MR) is 150 cm³/mol. The van der Waals surface area contributed by atoms with Crippen molar-refractivity contribution in [1.29, 1.82) is 0 Å². The van der Waals surface area contributed by atoms with Gasteiger partial charge < -0.3 is 29.0 Å². The van der Waals surface area contributed by atoms with Crippen LogP contribution in [0, 0.1) is 5.92 Å². The molecule has 1 amide bonds. The number of carbonyl (C=O) groups excluding carboxylic acids is 2. The van der Waals surface area contributed by atoms with Gasteiger partial charge in [0.1, 0.15) is 19.0 Å². The normalized spacial score (nSPS) is 17.8. The number of hydrogen-bond donors (Lipinski definition) is 1. The minimum atomic E-state index is -0.855. The van der Waals surface area contributed by atoms with E-state index in [1.807, 2.05) is 30.3 Å². The molecule has 3 aromatic carbocycles. The number of methoxy groups -OCH3 is 1. The molecular formula is C32H33NO7. The Morgan fingerprint density at radius 2 is 1.73 bits per heavy atom. The van der Waals surface area contributed by atoms with Crippen molar-refractivity contribution in [2.45, 2.75) is 32.9 Å². The van der Waals surface area contributed by atoms with Crippen LogP contribution in [-0.4, -0.2) is 48.6 Å². The van der Waals surface area contributed by atoms with E-state index in [4.69, 9.17) is 18.9 Å². The molecule has 1 atom stereocenters. The third-order valence-electron chi connectivity index (χ3n) is 7.01. The first-order valence-electron chi connectivity index (χ1n) is 13.4. The Morgan fingerprint density at radius 3 is 2.45 bits per heavy atom. The van der Waals surface area contributed by atoms with E-state index in [2.05, 4.69) is 13.8 Å². The lowest BCUT2D eigenvalue weighted by atomic mass is 9.94. The van der Waals surface area contributed by atoms with Crippen molar-refractivity contribution in [1.82, 2.24) is 4.90 Å². The number of carbonyl (C=O) groups is 2. The number of benzene rings is 3. The van der Waals surface area contributed by atoms with Gasteiger partial charge in [0.25, 0.3) is 11.7 Å². The SMILES string of the molecule is COc1cc(C2/C(=C(/O)c3ccc4c(c3)OCCO4)C(=O)C(=O)N2Cc2ccccc2)ccc1OCCC(C)C. The molecule has 1 unspecified atom stereocenters. The van der Waals surface area contributed by atoms with Crippen molar-refractivity contribution in [3.8, 4) is 23.0 Å². The lowest BCUT2D eigenvalue weighted by Crippen LogP contribution is -2.29. The second-order valence-corrected chi connectivity index (χ2v) is 10.2. The van der Waals surface area contributed by atoms with E-state index in [1.165, 1.54) is 4.90 Å². The molecular weight excluding hydrogens is 510 g/mol. The molecule has 0 spiro atoms. The summed E-state index contributed by atoms with van der Waals surface area (Å²) in [4.78, 5) is 28.4. The van der Waals surface area contributed by atoms with Crippen LogP contribution in [0.4, 0.5) is 0 Å². The summed E-state index contributed by atoms with van der Waals surface area (Å²) in [5, 5.41) is 11.5. The van der Waals surface area contributed by atoms with Gasteiger partial charge in [-0.3, -0.25) is 9.59 Å². The number of ketones is 1. The summed E-state index contributed by atoms with van der Waals surface area (Å²) in [6.45, 7) is 5.78. The van der Waals surface area contributed by atoms with Gasteiger partial charge in [-0.1, -0.05) is 50.2 Å². The van der Waals surface area contributed by atoms with E-state index in [1.54, 1.807) is 43.5 Å². The van der Waals surface area contributed by atoms with Crippen molar-refractivity contribution in [3.63, 3.8) is 0 Å². The number of rotatable bonds is 9. The van der Waals surface area contributed by atoms with Crippen LogP contribution in [0.3, 0.4) is 0 Å². The van der Waals surface area contributed by atoms with Gasteiger partial charge >= 0.3 is 0 Å². The van der Waals surface area contributed by atoms with Gasteiger partial charge in [0.15, 0.2) is 23.0 Å². The molecule has 0 radical (unpaired) electrons. The van der Waals surface area contributed by atoms with Crippen LogP contribution in [0.15, 0.2) is 72.3 Å². The molecule has 2 aliphatic heterocycles. The van der Waals surface area contributed by atoms with Gasteiger partial charge in [-0.05, 0) is 53.8 Å². The number of aliphatic hydroxyl groups is 1. The average molecular weight is 544 g/mol. The highest BCUT2D eigenvalue weighted by Crippen LogP contribution is 2.43. The number of likely N-dealkylation sites (tertiary alicyclic amines) is 1. The molecule has 40 heavy (non-hydrogen) atoms. The fourth-order valence-electron chi connectivity index (χ4n) is 4.89. The minimum Gasteiger partial charge on any atom is -0.507 e. The van der Waals surface area contributed by atoms with Crippen LogP contribution in [0.5, 0.6) is 23.0 Å². The summed E-state index contributed by atoms with van der Waals surface area (Å²) in [6.07, 6.45) is 0.887. The molecule has 1 fully saturated rings. The molecule has 0 saturated carbocycles. The van der Waals surface area contributed by atoms with Gasteiger partial charge in [-0.25, -0.2) is 0 Å². The summed E-state index contributed by atoms with van der Waals surface area (Å²) in [6, 6.07) is 18.9. The first-order chi connectivity index (χ1) is 19.4. The van der Waals surface area contributed by atoms with E-state index < -0.39 is 17.7 Å². The topological polar surface area (TPSA) is 94.5 Å². The molecule has 2 aliphatic rings. The van der Waals surface area contributed by atoms with Crippen LogP contribution in [0.1, 0.15) is 43.0 Å². The summed E-state index contributed by atoms with van der Waals surface area (Å²) >= 11 is 0. The molecule has 1 saturated heterocycles. The second kappa shape index (κ2) is 11.7. The number of amides is 1. The molecule has 5 rings (SSSR count).